The van der Waals surface area contributed by atoms with Gasteiger partial charge in [0.2, 0.25) is 5.91 Å². The maximum Gasteiger partial charge on any atom is 0.339 e. The number of nitrogens with zero attached hydrogens (tertiary/aromatic N) is 1. The average molecular weight is 386 g/mol. The lowest BCUT2D eigenvalue weighted by Gasteiger charge is -2.08. The zero-order chi connectivity index (χ0) is 19.4. The smallest absolute Gasteiger partial charge is 0.339 e. The number of hydrogen-bond acceptors (Lipinski definition) is 5. The molecule has 27 heavy (non-hydrogen) atoms. The van der Waals surface area contributed by atoms with E-state index in [1.54, 1.807) is 30.3 Å². The van der Waals surface area contributed by atoms with Crippen LogP contribution < -0.4 is 10.9 Å². The number of aromatic nitrogens is 2. The molecule has 0 radical (unpaired) electrons. The molecule has 0 aliphatic rings. The van der Waals surface area contributed by atoms with Gasteiger partial charge in [0.05, 0.1) is 28.6 Å². The quantitative estimate of drug-likeness (QED) is 0.657. The molecular weight excluding hydrogens is 370 g/mol. The van der Waals surface area contributed by atoms with Crippen molar-refractivity contribution in [3.63, 3.8) is 0 Å². The Balaban J connectivity index is 1.68. The lowest BCUT2D eigenvalue weighted by atomic mass is 10.2. The minimum Gasteiger partial charge on any atom is -0.465 e. The summed E-state index contributed by atoms with van der Waals surface area (Å²) in [6.45, 7) is 0. The molecule has 0 unspecified atom stereocenters. The number of H-pyrrole nitrogens is 1. The number of methoxy groups -OCH3 is 1. The van der Waals surface area contributed by atoms with Gasteiger partial charge in [-0.05, 0) is 30.3 Å². The summed E-state index contributed by atoms with van der Waals surface area (Å²) in [5.41, 5.74) is 0.927. The molecule has 0 fully saturated rings. The summed E-state index contributed by atoms with van der Waals surface area (Å²) in [6.07, 6.45) is 0.376. The summed E-state index contributed by atoms with van der Waals surface area (Å²) in [7, 11) is 1.25. The Hall–Kier alpha value is -3.19. The first kappa shape index (κ1) is 18.6. The molecule has 0 saturated carbocycles. The molecular formula is C19H16ClN3O4. The number of esters is 1. The van der Waals surface area contributed by atoms with Gasteiger partial charge in [-0.2, -0.15) is 0 Å². The summed E-state index contributed by atoms with van der Waals surface area (Å²) in [6, 6.07) is 11.5. The number of ether oxygens (including phenoxy) is 1. The number of nitrogens with one attached hydrogen (secondary N) is 2. The number of aromatic amines is 1. The van der Waals surface area contributed by atoms with E-state index in [0.29, 0.717) is 22.4 Å². The SMILES string of the molecule is COC(=O)c1cc(NC(=O)CCc2nc3ccccc3c(=O)[nH]2)ccc1Cl. The number of carbonyl (C=O) groups is 2. The van der Waals surface area contributed by atoms with Crippen LogP contribution in [0, 0.1) is 0 Å². The normalized spacial score (nSPS) is 10.6. The Labute approximate surface area is 159 Å². The van der Waals surface area contributed by atoms with Gasteiger partial charge >= 0.3 is 5.97 Å². The molecule has 1 heterocycles. The fourth-order valence-corrected chi connectivity index (χ4v) is 2.77. The number of para-hydroxylation sites is 1. The van der Waals surface area contributed by atoms with Gasteiger partial charge in [0.25, 0.3) is 5.56 Å². The van der Waals surface area contributed by atoms with E-state index in [2.05, 4.69) is 20.0 Å². The van der Waals surface area contributed by atoms with Crippen molar-refractivity contribution >= 4 is 40.1 Å². The molecule has 1 aromatic heterocycles. The molecule has 3 aromatic rings. The van der Waals surface area contributed by atoms with E-state index in [1.807, 2.05) is 0 Å². The zero-order valence-electron chi connectivity index (χ0n) is 14.4. The second-order valence-electron chi connectivity index (χ2n) is 5.76. The van der Waals surface area contributed by atoms with E-state index in [0.717, 1.165) is 0 Å². The van der Waals surface area contributed by atoms with Crippen molar-refractivity contribution in [2.75, 3.05) is 12.4 Å². The van der Waals surface area contributed by atoms with Crippen LogP contribution in [-0.4, -0.2) is 29.0 Å². The summed E-state index contributed by atoms with van der Waals surface area (Å²) in [4.78, 5) is 42.9. The van der Waals surface area contributed by atoms with Gasteiger partial charge in [-0.3, -0.25) is 9.59 Å². The molecule has 2 aromatic carbocycles. The molecule has 8 heteroatoms. The van der Waals surface area contributed by atoms with Crippen LogP contribution >= 0.6 is 11.6 Å². The number of benzene rings is 2. The van der Waals surface area contributed by atoms with Gasteiger partial charge in [0, 0.05) is 18.5 Å². The molecule has 0 aliphatic carbocycles. The molecule has 2 N–H and O–H groups in total. The van der Waals surface area contributed by atoms with Crippen molar-refractivity contribution in [1.29, 1.82) is 0 Å². The van der Waals surface area contributed by atoms with Gasteiger partial charge in [-0.15, -0.1) is 0 Å². The Morgan fingerprint density at radius 1 is 1.22 bits per heavy atom. The topological polar surface area (TPSA) is 101 Å². The van der Waals surface area contributed by atoms with Crippen molar-refractivity contribution in [3.8, 4) is 0 Å². The summed E-state index contributed by atoms with van der Waals surface area (Å²) < 4.78 is 4.65. The molecule has 3 rings (SSSR count). The van der Waals surface area contributed by atoms with Gasteiger partial charge in [-0.25, -0.2) is 9.78 Å². The standard InChI is InChI=1S/C19H16ClN3O4/c1-27-19(26)13-10-11(6-7-14(13)20)21-17(24)9-8-16-22-15-5-3-2-4-12(15)18(25)23-16/h2-7,10H,8-9H2,1H3,(H,21,24)(H,22,23,25). The Morgan fingerprint density at radius 2 is 2.00 bits per heavy atom. The summed E-state index contributed by atoms with van der Waals surface area (Å²) in [5, 5.41) is 3.42. The highest BCUT2D eigenvalue weighted by molar-refractivity contribution is 6.33. The molecule has 0 spiro atoms. The first-order chi connectivity index (χ1) is 13.0. The Bertz CT molecular complexity index is 1080. The van der Waals surface area contributed by atoms with Crippen LogP contribution in [-0.2, 0) is 16.0 Å². The van der Waals surface area contributed by atoms with E-state index >= 15 is 0 Å². The monoisotopic (exact) mass is 385 g/mol. The number of anilines is 1. The minimum atomic E-state index is -0.589. The molecule has 0 atom stereocenters. The fourth-order valence-electron chi connectivity index (χ4n) is 2.58. The Morgan fingerprint density at radius 3 is 2.78 bits per heavy atom. The van der Waals surface area contributed by atoms with E-state index in [4.69, 9.17) is 11.6 Å². The molecule has 0 aliphatic heterocycles. The van der Waals surface area contributed by atoms with Crippen LogP contribution in [0.15, 0.2) is 47.3 Å². The van der Waals surface area contributed by atoms with Gasteiger partial charge in [-0.1, -0.05) is 23.7 Å². The lowest BCUT2D eigenvalue weighted by molar-refractivity contribution is -0.116. The van der Waals surface area contributed by atoms with Crippen LogP contribution in [0.5, 0.6) is 0 Å². The summed E-state index contributed by atoms with van der Waals surface area (Å²) in [5.74, 6) is -0.446. The highest BCUT2D eigenvalue weighted by atomic mass is 35.5. The third-order valence-corrected chi connectivity index (χ3v) is 4.24. The number of amides is 1. The predicted octanol–water partition coefficient (Wildman–Crippen LogP) is 2.93. The predicted molar refractivity (Wildman–Crippen MR) is 102 cm³/mol. The maximum absolute atomic E-state index is 12.2. The van der Waals surface area contributed by atoms with Gasteiger partial charge in [0.15, 0.2) is 0 Å². The highest BCUT2D eigenvalue weighted by Gasteiger charge is 2.13. The van der Waals surface area contributed by atoms with Crippen LogP contribution in [0.1, 0.15) is 22.6 Å². The number of fused-ring (bicyclic) bond motifs is 1. The first-order valence-electron chi connectivity index (χ1n) is 8.13. The van der Waals surface area contributed by atoms with Gasteiger partial charge in [0.1, 0.15) is 5.82 Å². The number of hydrogen-bond donors (Lipinski definition) is 2. The number of aryl methyl sites for hydroxylation is 1. The second-order valence-corrected chi connectivity index (χ2v) is 6.17. The molecule has 7 nitrogen and oxygen atoms in total. The van der Waals surface area contributed by atoms with E-state index in [1.165, 1.54) is 19.2 Å². The Kier molecular flexibility index (Phi) is 5.52. The molecule has 0 saturated heterocycles. The highest BCUT2D eigenvalue weighted by Crippen LogP contribution is 2.21. The van der Waals surface area contributed by atoms with Crippen molar-refractivity contribution in [2.45, 2.75) is 12.8 Å². The van der Waals surface area contributed by atoms with E-state index in [9.17, 15) is 14.4 Å². The maximum atomic E-state index is 12.2. The molecule has 0 bridgehead atoms. The first-order valence-corrected chi connectivity index (χ1v) is 8.51. The molecule has 1 amide bonds. The van der Waals surface area contributed by atoms with Crippen molar-refractivity contribution in [1.82, 2.24) is 9.97 Å². The second kappa shape index (κ2) is 8.01. The van der Waals surface area contributed by atoms with Crippen LogP contribution in [0.4, 0.5) is 5.69 Å². The summed E-state index contributed by atoms with van der Waals surface area (Å²) >= 11 is 5.95. The van der Waals surface area contributed by atoms with Crippen LogP contribution in [0.3, 0.4) is 0 Å². The van der Waals surface area contributed by atoms with Gasteiger partial charge < -0.3 is 15.0 Å². The third-order valence-electron chi connectivity index (χ3n) is 3.91. The zero-order valence-corrected chi connectivity index (χ0v) is 15.2. The van der Waals surface area contributed by atoms with Crippen molar-refractivity contribution < 1.29 is 14.3 Å². The van der Waals surface area contributed by atoms with E-state index in [-0.39, 0.29) is 34.9 Å². The van der Waals surface area contributed by atoms with Crippen LogP contribution in [0.25, 0.3) is 10.9 Å². The number of rotatable bonds is 5. The van der Waals surface area contributed by atoms with Crippen molar-refractivity contribution in [2.24, 2.45) is 0 Å². The number of halogens is 1. The van der Waals surface area contributed by atoms with E-state index < -0.39 is 5.97 Å². The lowest BCUT2D eigenvalue weighted by Crippen LogP contribution is -2.16. The van der Waals surface area contributed by atoms with Crippen LogP contribution in [0.2, 0.25) is 5.02 Å². The number of carbonyl (C=O) groups excluding carboxylic acids is 2. The largest absolute Gasteiger partial charge is 0.465 e. The third kappa shape index (κ3) is 4.32. The average Bonchev–Trinajstić information content (AvgIpc) is 2.67. The minimum absolute atomic E-state index is 0.109. The fraction of sp³-hybridized carbons (Fsp3) is 0.158. The van der Waals surface area contributed by atoms with Crippen molar-refractivity contribution in [3.05, 3.63) is 69.2 Å². The molecule has 138 valence electrons.